The smallest absolute Gasteiger partial charge is 0.378 e. The number of alkyl halides is 3. The third-order valence-electron chi connectivity index (χ3n) is 5.52. The standard InChI is InChI=1S/C21H28F3N2O2/c1-20(2,3)18-9-6-16(15-4-7-17(8-5-15)21(22,23)24)14-26(18)19(27)25-10-12-28-13-11-25/h4-5,7-9,16,18H,6,10-14H2,1-3H3. The molecule has 2 unspecified atom stereocenters. The van der Waals surface area contributed by atoms with Crippen LogP contribution >= 0.6 is 0 Å². The zero-order valence-electron chi connectivity index (χ0n) is 16.6. The SMILES string of the molecule is CC(C)(C)C1[CH]CC(c2ccc(C(F)(F)F)cc2)CN1C(=O)N1CCOCC1. The van der Waals surface area contributed by atoms with Crippen molar-refractivity contribution in [2.45, 2.75) is 45.3 Å². The van der Waals surface area contributed by atoms with Crippen LogP contribution in [0.1, 0.15) is 44.2 Å². The molecule has 0 bridgehead atoms. The lowest BCUT2D eigenvalue weighted by atomic mass is 9.77. The van der Waals surface area contributed by atoms with Crippen LogP contribution in [0.5, 0.6) is 0 Å². The predicted molar refractivity (Wildman–Crippen MR) is 101 cm³/mol. The van der Waals surface area contributed by atoms with E-state index < -0.39 is 11.7 Å². The number of urea groups is 1. The lowest BCUT2D eigenvalue weighted by molar-refractivity contribution is -0.137. The van der Waals surface area contributed by atoms with Gasteiger partial charge in [0.1, 0.15) is 0 Å². The van der Waals surface area contributed by atoms with Gasteiger partial charge in [-0.3, -0.25) is 0 Å². The summed E-state index contributed by atoms with van der Waals surface area (Å²) in [5.41, 5.74) is 0.0637. The Labute approximate surface area is 164 Å². The van der Waals surface area contributed by atoms with Crippen LogP contribution in [-0.2, 0) is 10.9 Å². The first-order chi connectivity index (χ1) is 13.1. The molecule has 2 amide bonds. The summed E-state index contributed by atoms with van der Waals surface area (Å²) in [6.45, 7) is 9.01. The van der Waals surface area contributed by atoms with Crippen LogP contribution in [0.15, 0.2) is 24.3 Å². The summed E-state index contributed by atoms with van der Waals surface area (Å²) in [5.74, 6) is -0.00845. The molecule has 0 N–H and O–H groups in total. The van der Waals surface area contributed by atoms with Crippen molar-refractivity contribution in [3.63, 3.8) is 0 Å². The van der Waals surface area contributed by atoms with E-state index in [4.69, 9.17) is 4.74 Å². The Kier molecular flexibility index (Phi) is 5.94. The highest BCUT2D eigenvalue weighted by Crippen LogP contribution is 2.38. The van der Waals surface area contributed by atoms with Gasteiger partial charge >= 0.3 is 12.2 Å². The molecule has 4 nitrogen and oxygen atoms in total. The molecule has 1 aromatic carbocycles. The van der Waals surface area contributed by atoms with Crippen molar-refractivity contribution in [3.8, 4) is 0 Å². The minimum absolute atomic E-state index is 0.00845. The number of carbonyl (C=O) groups excluding carboxylic acids is 1. The number of rotatable bonds is 1. The largest absolute Gasteiger partial charge is 0.416 e. The van der Waals surface area contributed by atoms with Gasteiger partial charge < -0.3 is 14.5 Å². The van der Waals surface area contributed by atoms with E-state index in [-0.39, 0.29) is 23.4 Å². The predicted octanol–water partition coefficient (Wildman–Crippen LogP) is 4.57. The van der Waals surface area contributed by atoms with E-state index in [0.29, 0.717) is 32.8 Å². The molecule has 2 fully saturated rings. The quantitative estimate of drug-likeness (QED) is 0.696. The Bertz CT molecular complexity index is 676. The summed E-state index contributed by atoms with van der Waals surface area (Å²) in [4.78, 5) is 16.9. The first-order valence-corrected chi connectivity index (χ1v) is 9.71. The highest BCUT2D eigenvalue weighted by Gasteiger charge is 2.40. The zero-order chi connectivity index (χ0) is 20.5. The molecule has 2 heterocycles. The number of likely N-dealkylation sites (tertiary alicyclic amines) is 1. The van der Waals surface area contributed by atoms with E-state index in [1.165, 1.54) is 12.1 Å². The summed E-state index contributed by atoms with van der Waals surface area (Å²) in [7, 11) is 0. The molecular weight excluding hydrogens is 369 g/mol. The normalized spacial score (nSPS) is 24.4. The third kappa shape index (κ3) is 4.62. The number of carbonyl (C=O) groups is 1. The van der Waals surface area contributed by atoms with Gasteiger partial charge in [-0.25, -0.2) is 4.79 Å². The van der Waals surface area contributed by atoms with Crippen molar-refractivity contribution < 1.29 is 22.7 Å². The van der Waals surface area contributed by atoms with Gasteiger partial charge in [-0.15, -0.1) is 0 Å². The van der Waals surface area contributed by atoms with Gasteiger partial charge in [0.25, 0.3) is 0 Å². The van der Waals surface area contributed by atoms with E-state index in [2.05, 4.69) is 27.2 Å². The molecule has 1 aromatic rings. The highest BCUT2D eigenvalue weighted by molar-refractivity contribution is 5.75. The molecule has 1 radical (unpaired) electrons. The summed E-state index contributed by atoms with van der Waals surface area (Å²) in [5, 5.41) is 0. The van der Waals surface area contributed by atoms with Gasteiger partial charge in [-0.1, -0.05) is 32.9 Å². The second-order valence-electron chi connectivity index (χ2n) is 8.63. The van der Waals surface area contributed by atoms with Crippen LogP contribution in [0.3, 0.4) is 0 Å². The molecule has 2 aliphatic heterocycles. The molecule has 2 atom stereocenters. The number of morpholine rings is 1. The summed E-state index contributed by atoms with van der Waals surface area (Å²) in [6.07, 6.45) is -1.46. The maximum absolute atomic E-state index is 13.2. The molecule has 28 heavy (non-hydrogen) atoms. The topological polar surface area (TPSA) is 32.8 Å². The Hall–Kier alpha value is -1.76. The number of hydrogen-bond donors (Lipinski definition) is 0. The second kappa shape index (κ2) is 7.93. The Morgan fingerprint density at radius 1 is 1.07 bits per heavy atom. The van der Waals surface area contributed by atoms with Crippen LogP contribution in [0.4, 0.5) is 18.0 Å². The molecule has 0 spiro atoms. The maximum atomic E-state index is 13.2. The van der Waals surface area contributed by atoms with Crippen LogP contribution in [0.25, 0.3) is 0 Å². The van der Waals surface area contributed by atoms with Gasteiger partial charge in [0.15, 0.2) is 0 Å². The first-order valence-electron chi connectivity index (χ1n) is 9.71. The summed E-state index contributed by atoms with van der Waals surface area (Å²) >= 11 is 0. The Balaban J connectivity index is 1.80. The Morgan fingerprint density at radius 3 is 2.21 bits per heavy atom. The van der Waals surface area contributed by atoms with Crippen molar-refractivity contribution in [2.24, 2.45) is 5.41 Å². The van der Waals surface area contributed by atoms with Crippen molar-refractivity contribution in [1.29, 1.82) is 0 Å². The second-order valence-corrected chi connectivity index (χ2v) is 8.63. The van der Waals surface area contributed by atoms with Gasteiger partial charge in [0.2, 0.25) is 0 Å². The van der Waals surface area contributed by atoms with E-state index in [1.54, 1.807) is 0 Å². The molecule has 2 saturated heterocycles. The van der Waals surface area contributed by atoms with Crippen LogP contribution < -0.4 is 0 Å². The molecule has 0 aromatic heterocycles. The molecular formula is C21H28F3N2O2. The molecule has 3 rings (SSSR count). The van der Waals surface area contributed by atoms with Gasteiger partial charge in [0.05, 0.1) is 18.8 Å². The minimum atomic E-state index is -4.34. The van der Waals surface area contributed by atoms with Gasteiger partial charge in [0, 0.05) is 31.6 Å². The van der Waals surface area contributed by atoms with Crippen molar-refractivity contribution in [1.82, 2.24) is 9.80 Å². The third-order valence-corrected chi connectivity index (χ3v) is 5.52. The van der Waals surface area contributed by atoms with Gasteiger partial charge in [-0.05, 0) is 36.0 Å². The number of halogens is 3. The number of benzene rings is 1. The number of piperidine rings is 1. The van der Waals surface area contributed by atoms with Crippen molar-refractivity contribution >= 4 is 6.03 Å². The molecule has 155 valence electrons. The van der Waals surface area contributed by atoms with Crippen molar-refractivity contribution in [2.75, 3.05) is 32.8 Å². The van der Waals surface area contributed by atoms with Crippen LogP contribution in [0.2, 0.25) is 0 Å². The monoisotopic (exact) mass is 397 g/mol. The number of hydrogen-bond acceptors (Lipinski definition) is 2. The fraction of sp³-hybridized carbons (Fsp3) is 0.619. The molecule has 7 heteroatoms. The maximum Gasteiger partial charge on any atom is 0.416 e. The minimum Gasteiger partial charge on any atom is -0.378 e. The lowest BCUT2D eigenvalue weighted by Gasteiger charge is -2.47. The van der Waals surface area contributed by atoms with E-state index in [1.807, 2.05) is 9.80 Å². The van der Waals surface area contributed by atoms with Crippen molar-refractivity contribution in [3.05, 3.63) is 41.8 Å². The Morgan fingerprint density at radius 2 is 1.68 bits per heavy atom. The number of ether oxygens (including phenoxy) is 1. The summed E-state index contributed by atoms with van der Waals surface area (Å²) < 4.78 is 43.9. The van der Waals surface area contributed by atoms with E-state index >= 15 is 0 Å². The molecule has 0 aliphatic carbocycles. The fourth-order valence-electron chi connectivity index (χ4n) is 3.99. The number of amides is 2. The number of nitrogens with zero attached hydrogens (tertiary/aromatic N) is 2. The van der Waals surface area contributed by atoms with Gasteiger partial charge in [-0.2, -0.15) is 13.2 Å². The van der Waals surface area contributed by atoms with E-state index in [0.717, 1.165) is 24.1 Å². The zero-order valence-corrected chi connectivity index (χ0v) is 16.6. The fourth-order valence-corrected chi connectivity index (χ4v) is 3.99. The van der Waals surface area contributed by atoms with Crippen LogP contribution in [0, 0.1) is 11.8 Å². The average Bonchev–Trinajstić information content (AvgIpc) is 2.66. The first kappa shape index (κ1) is 21.0. The molecule has 0 saturated carbocycles. The lowest BCUT2D eigenvalue weighted by Crippen LogP contribution is -2.57. The summed E-state index contributed by atoms with van der Waals surface area (Å²) in [6, 6.07) is 5.29. The van der Waals surface area contributed by atoms with E-state index in [9.17, 15) is 18.0 Å². The highest BCUT2D eigenvalue weighted by atomic mass is 19.4. The van der Waals surface area contributed by atoms with Crippen LogP contribution in [-0.4, -0.2) is 54.7 Å². The molecule has 2 aliphatic rings. The average molecular weight is 397 g/mol.